The summed E-state index contributed by atoms with van der Waals surface area (Å²) in [6.45, 7) is 10.3. The van der Waals surface area contributed by atoms with Gasteiger partial charge in [-0.1, -0.05) is 65.2 Å². The van der Waals surface area contributed by atoms with Crippen LogP contribution in [0.5, 0.6) is 0 Å². The van der Waals surface area contributed by atoms with Crippen LogP contribution in [0, 0.1) is 0 Å². The molecular formula is C16H36O2Si. The van der Waals surface area contributed by atoms with Crippen molar-refractivity contribution in [1.82, 2.24) is 0 Å². The molecule has 19 heavy (non-hydrogen) atoms. The summed E-state index contributed by atoms with van der Waals surface area (Å²) >= 11 is 0. The molecule has 3 heteroatoms. The van der Waals surface area contributed by atoms with Crippen molar-refractivity contribution in [2.75, 3.05) is 13.2 Å². The van der Waals surface area contributed by atoms with Gasteiger partial charge in [0.2, 0.25) is 0 Å². The Morgan fingerprint density at radius 1 is 0.632 bits per heavy atom. The van der Waals surface area contributed by atoms with Gasteiger partial charge in [0, 0.05) is 13.2 Å². The fraction of sp³-hybridized carbons (Fsp3) is 1.00. The summed E-state index contributed by atoms with van der Waals surface area (Å²) < 4.78 is 12.0. The molecule has 0 aliphatic heterocycles. The quantitative estimate of drug-likeness (QED) is 0.303. The van der Waals surface area contributed by atoms with E-state index in [0.29, 0.717) is 0 Å². The maximum absolute atomic E-state index is 6.00. The van der Waals surface area contributed by atoms with Crippen LogP contribution in [0.15, 0.2) is 0 Å². The van der Waals surface area contributed by atoms with E-state index >= 15 is 0 Å². The van der Waals surface area contributed by atoms with Gasteiger partial charge < -0.3 is 8.85 Å². The van der Waals surface area contributed by atoms with Gasteiger partial charge >= 0.3 is 8.56 Å². The first kappa shape index (κ1) is 19.1. The first-order valence-electron chi connectivity index (χ1n) is 8.52. The number of hydrogen-bond acceptors (Lipinski definition) is 2. The Hall–Kier alpha value is 0.137. The van der Waals surface area contributed by atoms with Crippen molar-refractivity contribution in [2.24, 2.45) is 0 Å². The Bertz CT molecular complexity index is 180. The van der Waals surface area contributed by atoms with E-state index in [1.807, 2.05) is 0 Å². The fourth-order valence-electron chi connectivity index (χ4n) is 2.62. The number of unbranched alkanes of at least 4 members (excludes halogenated alkanes) is 7. The lowest BCUT2D eigenvalue weighted by Gasteiger charge is -2.28. The predicted octanol–water partition coefficient (Wildman–Crippen LogP) is 5.66. The molecule has 0 unspecified atom stereocenters. The average molecular weight is 289 g/mol. The molecule has 0 rings (SSSR count). The number of rotatable bonds is 14. The van der Waals surface area contributed by atoms with Crippen LogP contribution in [0.1, 0.15) is 79.1 Å². The summed E-state index contributed by atoms with van der Waals surface area (Å²) in [5.41, 5.74) is 0. The van der Waals surface area contributed by atoms with Crippen molar-refractivity contribution in [3.05, 3.63) is 0 Å². The first-order chi connectivity index (χ1) is 9.24. The Balaban J connectivity index is 3.68. The van der Waals surface area contributed by atoms with E-state index in [9.17, 15) is 0 Å². The van der Waals surface area contributed by atoms with Crippen molar-refractivity contribution in [3.63, 3.8) is 0 Å². The van der Waals surface area contributed by atoms with Gasteiger partial charge in [-0.2, -0.15) is 0 Å². The van der Waals surface area contributed by atoms with Crippen molar-refractivity contribution in [2.45, 2.75) is 91.1 Å². The van der Waals surface area contributed by atoms with E-state index in [1.54, 1.807) is 0 Å². The van der Waals surface area contributed by atoms with E-state index in [4.69, 9.17) is 8.85 Å². The van der Waals surface area contributed by atoms with Crippen molar-refractivity contribution < 1.29 is 8.85 Å². The normalized spacial score (nSPS) is 12.0. The second-order valence-corrected chi connectivity index (χ2v) is 8.96. The van der Waals surface area contributed by atoms with Crippen LogP contribution < -0.4 is 0 Å². The van der Waals surface area contributed by atoms with Crippen molar-refractivity contribution in [1.29, 1.82) is 0 Å². The summed E-state index contributed by atoms with van der Waals surface area (Å²) in [6.07, 6.45) is 11.0. The maximum Gasteiger partial charge on any atom is 0.337 e. The summed E-state index contributed by atoms with van der Waals surface area (Å²) in [5, 5.41) is 0. The fourth-order valence-corrected chi connectivity index (χ4v) is 5.60. The molecule has 0 saturated carbocycles. The van der Waals surface area contributed by atoms with Crippen molar-refractivity contribution >= 4 is 8.56 Å². The molecule has 116 valence electrons. The molecule has 0 aromatic carbocycles. The molecule has 0 aliphatic rings. The highest BCUT2D eigenvalue weighted by atomic mass is 28.4. The van der Waals surface area contributed by atoms with Gasteiger partial charge in [-0.3, -0.25) is 0 Å². The van der Waals surface area contributed by atoms with Crippen LogP contribution in [-0.2, 0) is 8.85 Å². The molecule has 0 aliphatic carbocycles. The smallest absolute Gasteiger partial charge is 0.337 e. The summed E-state index contributed by atoms with van der Waals surface area (Å²) in [7, 11) is -1.85. The number of hydrogen-bond donors (Lipinski definition) is 0. The lowest BCUT2D eigenvalue weighted by molar-refractivity contribution is 0.182. The topological polar surface area (TPSA) is 18.5 Å². The molecule has 0 spiro atoms. The molecule has 0 saturated heterocycles. The van der Waals surface area contributed by atoms with Gasteiger partial charge in [0.25, 0.3) is 0 Å². The molecule has 0 N–H and O–H groups in total. The van der Waals surface area contributed by atoms with Crippen LogP contribution in [0.4, 0.5) is 0 Å². The zero-order valence-corrected chi connectivity index (χ0v) is 14.8. The van der Waals surface area contributed by atoms with Gasteiger partial charge in [-0.25, -0.2) is 0 Å². The molecule has 0 amide bonds. The molecule has 0 fully saturated rings. The molecular weight excluding hydrogens is 252 g/mol. The SMILES string of the molecule is CCCCCCCCCC[Si](CC)(OCC)OCC. The maximum atomic E-state index is 6.00. The predicted molar refractivity (Wildman–Crippen MR) is 86.9 cm³/mol. The minimum Gasteiger partial charge on any atom is -0.394 e. The second-order valence-electron chi connectivity index (χ2n) is 5.36. The van der Waals surface area contributed by atoms with E-state index in [2.05, 4.69) is 27.7 Å². The van der Waals surface area contributed by atoms with Gasteiger partial charge in [0.05, 0.1) is 0 Å². The first-order valence-corrected chi connectivity index (χ1v) is 10.8. The lowest BCUT2D eigenvalue weighted by atomic mass is 10.1. The Kier molecular flexibility index (Phi) is 13.2. The molecule has 0 aromatic rings. The molecule has 0 bridgehead atoms. The minimum absolute atomic E-state index is 0.803. The van der Waals surface area contributed by atoms with E-state index in [0.717, 1.165) is 19.3 Å². The summed E-state index contributed by atoms with van der Waals surface area (Å²) in [6, 6.07) is 2.27. The van der Waals surface area contributed by atoms with Gasteiger partial charge in [-0.05, 0) is 25.9 Å². The highest BCUT2D eigenvalue weighted by molar-refractivity contribution is 6.67. The van der Waals surface area contributed by atoms with Crippen molar-refractivity contribution in [3.8, 4) is 0 Å². The van der Waals surface area contributed by atoms with Gasteiger partial charge in [-0.15, -0.1) is 0 Å². The summed E-state index contributed by atoms with van der Waals surface area (Å²) in [5.74, 6) is 0. The molecule has 0 aromatic heterocycles. The second kappa shape index (κ2) is 13.1. The highest BCUT2D eigenvalue weighted by Crippen LogP contribution is 2.23. The Morgan fingerprint density at radius 3 is 1.53 bits per heavy atom. The standard InChI is InChI=1S/C16H36O2Si/c1-5-9-10-11-12-13-14-15-16-19(8-4,17-6-2)18-7-3/h5-16H2,1-4H3. The van der Waals surface area contributed by atoms with Gasteiger partial charge in [0.1, 0.15) is 0 Å². The summed E-state index contributed by atoms with van der Waals surface area (Å²) in [4.78, 5) is 0. The third-order valence-electron chi connectivity index (χ3n) is 3.76. The Morgan fingerprint density at radius 2 is 1.11 bits per heavy atom. The minimum atomic E-state index is -1.85. The lowest BCUT2D eigenvalue weighted by Crippen LogP contribution is -2.41. The average Bonchev–Trinajstić information content (AvgIpc) is 2.42. The zero-order chi connectivity index (χ0) is 14.4. The Labute approximate surface area is 122 Å². The van der Waals surface area contributed by atoms with E-state index < -0.39 is 8.56 Å². The van der Waals surface area contributed by atoms with Crippen LogP contribution in [0.25, 0.3) is 0 Å². The van der Waals surface area contributed by atoms with Crippen LogP contribution in [0.3, 0.4) is 0 Å². The monoisotopic (exact) mass is 288 g/mol. The van der Waals surface area contributed by atoms with E-state index in [-0.39, 0.29) is 0 Å². The third kappa shape index (κ3) is 9.64. The molecule has 0 radical (unpaired) electrons. The molecule has 0 heterocycles. The third-order valence-corrected chi connectivity index (χ3v) is 7.59. The van der Waals surface area contributed by atoms with Crippen LogP contribution in [-0.4, -0.2) is 21.8 Å². The van der Waals surface area contributed by atoms with E-state index in [1.165, 1.54) is 57.4 Å². The van der Waals surface area contributed by atoms with Crippen LogP contribution >= 0.6 is 0 Å². The zero-order valence-electron chi connectivity index (χ0n) is 13.8. The highest BCUT2D eigenvalue weighted by Gasteiger charge is 2.33. The van der Waals surface area contributed by atoms with Gasteiger partial charge in [0.15, 0.2) is 0 Å². The molecule has 0 atom stereocenters. The largest absolute Gasteiger partial charge is 0.394 e. The molecule has 2 nitrogen and oxygen atoms in total. The van der Waals surface area contributed by atoms with Crippen LogP contribution in [0.2, 0.25) is 12.1 Å².